The lowest BCUT2D eigenvalue weighted by Crippen LogP contribution is -1.85. The van der Waals surface area contributed by atoms with Gasteiger partial charge in [-0.15, -0.1) is 0 Å². The van der Waals surface area contributed by atoms with E-state index in [-0.39, 0.29) is 5.75 Å². The number of phenols is 1. The molecule has 2 nitrogen and oxygen atoms in total. The van der Waals surface area contributed by atoms with Gasteiger partial charge in [0.1, 0.15) is 11.3 Å². The van der Waals surface area contributed by atoms with Gasteiger partial charge in [0.25, 0.3) is 0 Å². The third-order valence-electron chi connectivity index (χ3n) is 3.12. The van der Waals surface area contributed by atoms with Crippen LogP contribution in [0.3, 0.4) is 0 Å². The molecule has 0 atom stereocenters. The molecule has 4 heteroatoms. The van der Waals surface area contributed by atoms with Gasteiger partial charge in [0.15, 0.2) is 0 Å². The maximum Gasteiger partial charge on any atom is 0.141 e. The molecular weight excluding hydrogens is 350 g/mol. The minimum Gasteiger partial charge on any atom is -0.506 e. The Morgan fingerprint density at radius 1 is 0.952 bits per heavy atom. The molecule has 0 unspecified atom stereocenters. The number of pyridine rings is 1. The minimum atomic E-state index is 0.133. The summed E-state index contributed by atoms with van der Waals surface area (Å²) >= 11 is 9.50. The van der Waals surface area contributed by atoms with Crippen LogP contribution in [0.1, 0.15) is 11.3 Å². The van der Waals surface area contributed by atoms with Gasteiger partial charge in [-0.05, 0) is 48.0 Å². The predicted octanol–water partition coefficient (Wildman–Crippen LogP) is 5.53. The Morgan fingerprint density at radius 3 is 2.48 bits per heavy atom. The molecule has 0 bridgehead atoms. The molecule has 0 saturated heterocycles. The smallest absolute Gasteiger partial charge is 0.141 e. The van der Waals surface area contributed by atoms with Crippen LogP contribution in [0.25, 0.3) is 23.1 Å². The van der Waals surface area contributed by atoms with Gasteiger partial charge in [0.05, 0.1) is 10.7 Å². The van der Waals surface area contributed by atoms with Crippen LogP contribution in [-0.4, -0.2) is 10.1 Å². The highest BCUT2D eigenvalue weighted by Gasteiger charge is 2.05. The summed E-state index contributed by atoms with van der Waals surface area (Å²) in [5.41, 5.74) is 2.36. The molecule has 3 rings (SSSR count). The van der Waals surface area contributed by atoms with Crippen LogP contribution in [0, 0.1) is 0 Å². The molecule has 0 spiro atoms. The van der Waals surface area contributed by atoms with Crippen LogP contribution in [0.2, 0.25) is 5.02 Å². The molecule has 2 aromatic carbocycles. The number of rotatable bonds is 2. The molecule has 0 aliphatic rings. The van der Waals surface area contributed by atoms with Crippen LogP contribution in [0.4, 0.5) is 0 Å². The molecule has 3 aromatic rings. The van der Waals surface area contributed by atoms with E-state index in [1.165, 1.54) is 0 Å². The van der Waals surface area contributed by atoms with Gasteiger partial charge in [-0.1, -0.05) is 45.7 Å². The van der Waals surface area contributed by atoms with E-state index in [1.54, 1.807) is 12.1 Å². The Morgan fingerprint density at radius 2 is 1.71 bits per heavy atom. The summed E-state index contributed by atoms with van der Waals surface area (Å²) in [4.78, 5) is 4.44. The second-order valence-corrected chi connectivity index (χ2v) is 5.91. The first-order chi connectivity index (χ1) is 10.1. The van der Waals surface area contributed by atoms with Gasteiger partial charge in [-0.25, -0.2) is 4.98 Å². The number of phenolic OH excluding ortho intramolecular Hbond substituents is 1. The first-order valence-corrected chi connectivity index (χ1v) is 7.52. The Labute approximate surface area is 135 Å². The normalized spacial score (nSPS) is 11.3. The number of fused-ring (bicyclic) bond motifs is 1. The van der Waals surface area contributed by atoms with E-state index in [0.29, 0.717) is 10.5 Å². The Kier molecular flexibility index (Phi) is 3.95. The van der Waals surface area contributed by atoms with E-state index < -0.39 is 0 Å². The Hall–Kier alpha value is -1.84. The van der Waals surface area contributed by atoms with E-state index in [2.05, 4.69) is 20.9 Å². The Bertz CT molecular complexity index is 828. The van der Waals surface area contributed by atoms with Gasteiger partial charge in [0, 0.05) is 9.86 Å². The molecule has 0 saturated carbocycles. The summed E-state index contributed by atoms with van der Waals surface area (Å²) in [7, 11) is 0. The van der Waals surface area contributed by atoms with Crippen molar-refractivity contribution in [2.24, 2.45) is 0 Å². The number of hydrogen-bond acceptors (Lipinski definition) is 2. The van der Waals surface area contributed by atoms with Crippen molar-refractivity contribution in [3.05, 3.63) is 69.3 Å². The fourth-order valence-corrected chi connectivity index (χ4v) is 2.51. The highest BCUT2D eigenvalue weighted by Crippen LogP contribution is 2.29. The number of nitrogens with zero attached hydrogens (tertiary/aromatic N) is 1. The monoisotopic (exact) mass is 359 g/mol. The summed E-state index contributed by atoms with van der Waals surface area (Å²) in [5.74, 6) is 0.133. The SMILES string of the molecule is Oc1ccc(Cl)c2ccc(C=Cc3ccc(Br)cc3)nc12. The molecule has 104 valence electrons. The van der Waals surface area contributed by atoms with Crippen LogP contribution >= 0.6 is 27.5 Å². The number of halogens is 2. The second kappa shape index (κ2) is 5.88. The molecule has 0 aliphatic carbocycles. The fraction of sp³-hybridized carbons (Fsp3) is 0. The van der Waals surface area contributed by atoms with Crippen molar-refractivity contribution in [2.75, 3.05) is 0 Å². The fourth-order valence-electron chi connectivity index (χ4n) is 2.03. The summed E-state index contributed by atoms with van der Waals surface area (Å²) in [6.45, 7) is 0. The molecule has 0 amide bonds. The summed E-state index contributed by atoms with van der Waals surface area (Å²) in [6.07, 6.45) is 3.88. The molecule has 0 aliphatic heterocycles. The minimum absolute atomic E-state index is 0.133. The maximum atomic E-state index is 9.89. The molecule has 0 radical (unpaired) electrons. The number of aromatic nitrogens is 1. The third kappa shape index (κ3) is 3.09. The van der Waals surface area contributed by atoms with Crippen molar-refractivity contribution in [2.45, 2.75) is 0 Å². The van der Waals surface area contributed by atoms with E-state index in [1.807, 2.05) is 48.6 Å². The molecule has 1 aromatic heterocycles. The van der Waals surface area contributed by atoms with Gasteiger partial charge in [0.2, 0.25) is 0 Å². The molecule has 21 heavy (non-hydrogen) atoms. The average Bonchev–Trinajstić information content (AvgIpc) is 2.50. The first-order valence-electron chi connectivity index (χ1n) is 6.35. The number of aromatic hydroxyl groups is 1. The van der Waals surface area contributed by atoms with Crippen molar-refractivity contribution in [1.82, 2.24) is 4.98 Å². The predicted molar refractivity (Wildman–Crippen MR) is 91.5 cm³/mol. The van der Waals surface area contributed by atoms with E-state index in [0.717, 1.165) is 21.1 Å². The average molecular weight is 361 g/mol. The summed E-state index contributed by atoms with van der Waals surface area (Å²) in [6, 6.07) is 15.0. The zero-order valence-electron chi connectivity index (χ0n) is 10.9. The molecule has 1 heterocycles. The van der Waals surface area contributed by atoms with Crippen LogP contribution in [-0.2, 0) is 0 Å². The topological polar surface area (TPSA) is 33.1 Å². The first kappa shape index (κ1) is 14.1. The second-order valence-electron chi connectivity index (χ2n) is 4.58. The van der Waals surface area contributed by atoms with E-state index in [4.69, 9.17) is 11.6 Å². The highest BCUT2D eigenvalue weighted by molar-refractivity contribution is 9.10. The molecular formula is C17H11BrClNO. The van der Waals surface area contributed by atoms with Crippen LogP contribution < -0.4 is 0 Å². The number of benzene rings is 2. The van der Waals surface area contributed by atoms with E-state index in [9.17, 15) is 5.11 Å². The van der Waals surface area contributed by atoms with Crippen molar-refractivity contribution in [3.63, 3.8) is 0 Å². The van der Waals surface area contributed by atoms with Crippen molar-refractivity contribution in [3.8, 4) is 5.75 Å². The highest BCUT2D eigenvalue weighted by atomic mass is 79.9. The lowest BCUT2D eigenvalue weighted by Gasteiger charge is -2.03. The lowest BCUT2D eigenvalue weighted by atomic mass is 10.1. The number of hydrogen-bond donors (Lipinski definition) is 1. The van der Waals surface area contributed by atoms with Gasteiger partial charge < -0.3 is 5.11 Å². The standard InChI is InChI=1S/C17H11BrClNO/c18-12-4-1-11(2-5-12)3-6-13-7-8-14-15(19)9-10-16(21)17(14)20-13/h1-10,21H. The quantitative estimate of drug-likeness (QED) is 0.652. The molecule has 1 N–H and O–H groups in total. The summed E-state index contributed by atoms with van der Waals surface area (Å²) < 4.78 is 1.04. The molecule has 0 fully saturated rings. The zero-order valence-corrected chi connectivity index (χ0v) is 13.3. The third-order valence-corrected chi connectivity index (χ3v) is 3.98. The van der Waals surface area contributed by atoms with Gasteiger partial charge >= 0.3 is 0 Å². The van der Waals surface area contributed by atoms with Crippen molar-refractivity contribution >= 4 is 50.6 Å². The lowest BCUT2D eigenvalue weighted by molar-refractivity contribution is 0.480. The summed E-state index contributed by atoms with van der Waals surface area (Å²) in [5, 5.41) is 11.2. The van der Waals surface area contributed by atoms with Crippen LogP contribution in [0.15, 0.2) is 53.0 Å². The van der Waals surface area contributed by atoms with E-state index >= 15 is 0 Å². The van der Waals surface area contributed by atoms with Gasteiger partial charge in [-0.3, -0.25) is 0 Å². The van der Waals surface area contributed by atoms with Gasteiger partial charge in [-0.2, -0.15) is 0 Å². The maximum absolute atomic E-state index is 9.89. The Balaban J connectivity index is 1.98. The van der Waals surface area contributed by atoms with Crippen LogP contribution in [0.5, 0.6) is 5.75 Å². The zero-order chi connectivity index (χ0) is 14.8. The van der Waals surface area contributed by atoms with Crippen molar-refractivity contribution in [1.29, 1.82) is 0 Å². The van der Waals surface area contributed by atoms with Crippen molar-refractivity contribution < 1.29 is 5.11 Å². The largest absolute Gasteiger partial charge is 0.506 e.